The Morgan fingerprint density at radius 1 is 0.935 bits per heavy atom. The Kier molecular flexibility index (Phi) is 9.12. The van der Waals surface area contributed by atoms with Gasteiger partial charge in [0.1, 0.15) is 6.04 Å². The minimum atomic E-state index is -0.523. The molecule has 1 N–H and O–H groups in total. The number of carbonyl (C=O) groups is 2. The van der Waals surface area contributed by atoms with Crippen molar-refractivity contribution >= 4 is 23.4 Å². The summed E-state index contributed by atoms with van der Waals surface area (Å²) in [5.41, 5.74) is 3.00. The summed E-state index contributed by atoms with van der Waals surface area (Å²) < 4.78 is 0. The van der Waals surface area contributed by atoms with E-state index in [-0.39, 0.29) is 17.4 Å². The highest BCUT2D eigenvalue weighted by molar-refractivity contribution is 6.30. The molecule has 0 unspecified atom stereocenters. The second kappa shape index (κ2) is 11.3. The summed E-state index contributed by atoms with van der Waals surface area (Å²) >= 11 is 6.02. The molecule has 0 aliphatic heterocycles. The molecule has 2 amide bonds. The van der Waals surface area contributed by atoms with E-state index in [0.717, 1.165) is 17.5 Å². The van der Waals surface area contributed by atoms with E-state index in [1.165, 1.54) is 5.56 Å². The normalized spacial score (nSPS) is 12.3. The van der Waals surface area contributed by atoms with E-state index in [0.29, 0.717) is 30.8 Å². The van der Waals surface area contributed by atoms with Gasteiger partial charge in [-0.15, -0.1) is 0 Å². The summed E-state index contributed by atoms with van der Waals surface area (Å²) in [5.74, 6) is -0.143. The average molecular weight is 443 g/mol. The van der Waals surface area contributed by atoms with Gasteiger partial charge >= 0.3 is 0 Å². The van der Waals surface area contributed by atoms with Crippen LogP contribution in [0.4, 0.5) is 0 Å². The molecule has 0 saturated carbocycles. The Bertz CT molecular complexity index is 854. The van der Waals surface area contributed by atoms with Gasteiger partial charge < -0.3 is 10.2 Å². The van der Waals surface area contributed by atoms with Crippen LogP contribution in [0, 0.1) is 0 Å². The number of carbonyl (C=O) groups excluding carboxylic acids is 2. The van der Waals surface area contributed by atoms with Crippen molar-refractivity contribution in [3.63, 3.8) is 0 Å². The molecular weight excluding hydrogens is 408 g/mol. The molecular formula is C26H35ClN2O2. The fourth-order valence-corrected chi connectivity index (χ4v) is 3.62. The van der Waals surface area contributed by atoms with Gasteiger partial charge in [-0.25, -0.2) is 0 Å². The molecule has 2 rings (SSSR count). The molecule has 0 heterocycles. The smallest absolute Gasteiger partial charge is 0.243 e. The fraction of sp³-hybridized carbons (Fsp3) is 0.462. The quantitative estimate of drug-likeness (QED) is 0.552. The Labute approximate surface area is 192 Å². The van der Waals surface area contributed by atoms with Crippen molar-refractivity contribution in [3.05, 3.63) is 70.2 Å². The van der Waals surface area contributed by atoms with Crippen LogP contribution in [0.2, 0.25) is 5.02 Å². The first-order chi connectivity index (χ1) is 14.6. The van der Waals surface area contributed by atoms with E-state index in [1.807, 2.05) is 52.0 Å². The Balaban J connectivity index is 2.20. The number of amides is 2. The van der Waals surface area contributed by atoms with Crippen LogP contribution in [0.25, 0.3) is 0 Å². The first kappa shape index (κ1) is 24.9. The number of halogens is 1. The molecule has 31 heavy (non-hydrogen) atoms. The second-order valence-electron chi connectivity index (χ2n) is 8.98. The largest absolute Gasteiger partial charge is 0.350 e. The number of nitrogens with one attached hydrogen (secondary N) is 1. The van der Waals surface area contributed by atoms with Crippen molar-refractivity contribution in [1.82, 2.24) is 10.2 Å². The predicted octanol–water partition coefficient (Wildman–Crippen LogP) is 5.56. The molecule has 2 aromatic carbocycles. The molecule has 0 aliphatic carbocycles. The molecule has 0 aromatic heterocycles. The van der Waals surface area contributed by atoms with E-state index in [4.69, 9.17) is 11.6 Å². The van der Waals surface area contributed by atoms with Crippen molar-refractivity contribution in [3.8, 4) is 0 Å². The number of benzene rings is 2. The lowest BCUT2D eigenvalue weighted by Gasteiger charge is -2.33. The van der Waals surface area contributed by atoms with Crippen molar-refractivity contribution in [2.24, 2.45) is 0 Å². The van der Waals surface area contributed by atoms with Gasteiger partial charge in [0.25, 0.3) is 0 Å². The highest BCUT2D eigenvalue weighted by Gasteiger charge is 2.30. The van der Waals surface area contributed by atoms with Gasteiger partial charge in [-0.1, -0.05) is 61.8 Å². The number of aryl methyl sites for hydroxylation is 2. The monoisotopic (exact) mass is 442 g/mol. The third-order valence-corrected chi connectivity index (χ3v) is 5.46. The van der Waals surface area contributed by atoms with Crippen LogP contribution in [-0.4, -0.2) is 28.3 Å². The zero-order chi connectivity index (χ0) is 23.0. The zero-order valence-corrected chi connectivity index (χ0v) is 20.1. The lowest BCUT2D eigenvalue weighted by atomic mass is 10.0. The molecule has 0 bridgehead atoms. The highest BCUT2D eigenvalue weighted by Crippen LogP contribution is 2.18. The minimum Gasteiger partial charge on any atom is -0.350 e. The summed E-state index contributed by atoms with van der Waals surface area (Å²) in [4.78, 5) is 28.0. The first-order valence-electron chi connectivity index (χ1n) is 11.1. The SMILES string of the molecule is CCc1ccc(CCC(=O)N(Cc2ccc(Cl)cc2)[C@@H](CC)C(=O)NC(C)(C)C)cc1. The van der Waals surface area contributed by atoms with Crippen LogP contribution in [0.15, 0.2) is 48.5 Å². The predicted molar refractivity (Wildman–Crippen MR) is 128 cm³/mol. The highest BCUT2D eigenvalue weighted by atomic mass is 35.5. The number of hydrogen-bond acceptors (Lipinski definition) is 2. The van der Waals surface area contributed by atoms with Gasteiger partial charge in [-0.2, -0.15) is 0 Å². The molecule has 0 radical (unpaired) electrons. The van der Waals surface area contributed by atoms with E-state index in [9.17, 15) is 9.59 Å². The molecule has 168 valence electrons. The molecule has 2 aromatic rings. The summed E-state index contributed by atoms with van der Waals surface area (Å²) in [5, 5.41) is 3.68. The molecule has 4 nitrogen and oxygen atoms in total. The van der Waals surface area contributed by atoms with Crippen LogP contribution < -0.4 is 5.32 Å². The lowest BCUT2D eigenvalue weighted by molar-refractivity contribution is -0.142. The van der Waals surface area contributed by atoms with Gasteiger partial charge in [0.15, 0.2) is 0 Å². The number of nitrogens with zero attached hydrogens (tertiary/aromatic N) is 1. The van der Waals surface area contributed by atoms with Crippen LogP contribution >= 0.6 is 11.6 Å². The van der Waals surface area contributed by atoms with Gasteiger partial charge in [-0.05, 0) is 68.9 Å². The van der Waals surface area contributed by atoms with Crippen LogP contribution in [-0.2, 0) is 29.0 Å². The summed E-state index contributed by atoms with van der Waals surface area (Å²) in [6.45, 7) is 10.3. The maximum atomic E-state index is 13.3. The molecule has 0 spiro atoms. The zero-order valence-electron chi connectivity index (χ0n) is 19.4. The lowest BCUT2D eigenvalue weighted by Crippen LogP contribution is -2.53. The van der Waals surface area contributed by atoms with Crippen LogP contribution in [0.3, 0.4) is 0 Å². The van der Waals surface area contributed by atoms with Crippen LogP contribution in [0.1, 0.15) is 64.2 Å². The summed E-state index contributed by atoms with van der Waals surface area (Å²) in [7, 11) is 0. The van der Waals surface area contributed by atoms with Crippen LogP contribution in [0.5, 0.6) is 0 Å². The van der Waals surface area contributed by atoms with Crippen molar-refractivity contribution in [2.45, 2.75) is 78.4 Å². The van der Waals surface area contributed by atoms with E-state index in [1.54, 1.807) is 4.90 Å². The average Bonchev–Trinajstić information content (AvgIpc) is 2.72. The van der Waals surface area contributed by atoms with Crippen molar-refractivity contribution in [1.29, 1.82) is 0 Å². The molecule has 5 heteroatoms. The summed E-state index contributed by atoms with van der Waals surface area (Å²) in [6.07, 6.45) is 2.55. The van der Waals surface area contributed by atoms with E-state index < -0.39 is 6.04 Å². The van der Waals surface area contributed by atoms with Crippen molar-refractivity contribution < 1.29 is 9.59 Å². The van der Waals surface area contributed by atoms with Gasteiger partial charge in [0.2, 0.25) is 11.8 Å². The topological polar surface area (TPSA) is 49.4 Å². The standard InChI is InChI=1S/C26H35ClN2O2/c1-6-19-8-10-20(11-9-19)14-17-24(30)29(18-21-12-15-22(27)16-13-21)23(7-2)25(31)28-26(3,4)5/h8-13,15-16,23H,6-7,14,17-18H2,1-5H3,(H,28,31)/t23-/m0/s1. The third kappa shape index (κ3) is 8.02. The number of hydrogen-bond donors (Lipinski definition) is 1. The molecule has 0 saturated heterocycles. The van der Waals surface area contributed by atoms with Crippen molar-refractivity contribution in [2.75, 3.05) is 0 Å². The van der Waals surface area contributed by atoms with E-state index >= 15 is 0 Å². The maximum Gasteiger partial charge on any atom is 0.243 e. The molecule has 0 aliphatic rings. The fourth-order valence-electron chi connectivity index (χ4n) is 3.50. The molecule has 0 fully saturated rings. The van der Waals surface area contributed by atoms with Gasteiger partial charge in [0.05, 0.1) is 0 Å². The summed E-state index contributed by atoms with van der Waals surface area (Å²) in [6, 6.07) is 15.3. The maximum absolute atomic E-state index is 13.3. The Morgan fingerprint density at radius 2 is 1.48 bits per heavy atom. The Morgan fingerprint density at radius 3 is 2.00 bits per heavy atom. The second-order valence-corrected chi connectivity index (χ2v) is 9.42. The minimum absolute atomic E-state index is 0.0228. The molecule has 1 atom stereocenters. The van der Waals surface area contributed by atoms with E-state index in [2.05, 4.69) is 36.5 Å². The van der Waals surface area contributed by atoms with Gasteiger partial charge in [-0.3, -0.25) is 9.59 Å². The number of rotatable bonds is 9. The van der Waals surface area contributed by atoms with Gasteiger partial charge in [0, 0.05) is 23.5 Å². The third-order valence-electron chi connectivity index (χ3n) is 5.21. The Hall–Kier alpha value is -2.33. The first-order valence-corrected chi connectivity index (χ1v) is 11.4.